The van der Waals surface area contributed by atoms with E-state index in [-0.39, 0.29) is 18.5 Å². The lowest BCUT2D eigenvalue weighted by atomic mass is 10.1. The molecule has 2 aliphatic heterocycles. The summed E-state index contributed by atoms with van der Waals surface area (Å²) in [4.78, 5) is 16.3. The Morgan fingerprint density at radius 1 is 1.33 bits per heavy atom. The fourth-order valence-electron chi connectivity index (χ4n) is 3.29. The molecule has 132 valence electrons. The third-order valence-corrected chi connectivity index (χ3v) is 6.43. The number of hydrogen-bond donors (Lipinski definition) is 0. The van der Waals surface area contributed by atoms with Gasteiger partial charge in [-0.15, -0.1) is 0 Å². The maximum Gasteiger partial charge on any atom is 0.434 e. The number of rotatable bonds is 2. The van der Waals surface area contributed by atoms with Gasteiger partial charge in [0.1, 0.15) is 10.9 Å². The lowest BCUT2D eigenvalue weighted by Crippen LogP contribution is -2.60. The fraction of sp³-hybridized carbons (Fsp3) is 0.571. The molecule has 0 bridgehead atoms. The zero-order valence-corrected chi connectivity index (χ0v) is 13.6. The number of carbonyl (C=O) groups is 1. The van der Waals surface area contributed by atoms with Gasteiger partial charge in [-0.3, -0.25) is 9.78 Å². The van der Waals surface area contributed by atoms with Gasteiger partial charge in [0.25, 0.3) is 0 Å². The number of aromatic nitrogens is 1. The second-order valence-electron chi connectivity index (χ2n) is 5.93. The zero-order chi connectivity index (χ0) is 17.7. The fourth-order valence-corrected chi connectivity index (χ4v) is 5.08. The molecular weight excluding hydrogens is 347 g/mol. The minimum Gasteiger partial charge on any atom is -0.337 e. The summed E-state index contributed by atoms with van der Waals surface area (Å²) in [5.41, 5.74) is -1.46. The summed E-state index contributed by atoms with van der Waals surface area (Å²) in [6, 6.07) is 0.698. The summed E-state index contributed by atoms with van der Waals surface area (Å²) in [6.45, 7) is 1.96. The van der Waals surface area contributed by atoms with Crippen molar-refractivity contribution in [1.29, 1.82) is 0 Å². The highest BCUT2D eigenvalue weighted by molar-refractivity contribution is 7.89. The van der Waals surface area contributed by atoms with E-state index < -0.39 is 32.8 Å². The molecule has 0 radical (unpaired) electrons. The molecule has 0 aromatic carbocycles. The van der Waals surface area contributed by atoms with Gasteiger partial charge in [0.15, 0.2) is 5.69 Å². The van der Waals surface area contributed by atoms with Crippen LogP contribution in [0.3, 0.4) is 0 Å². The Morgan fingerprint density at radius 2 is 2.04 bits per heavy atom. The molecule has 0 unspecified atom stereocenters. The Labute approximate surface area is 137 Å². The predicted molar refractivity (Wildman–Crippen MR) is 77.3 cm³/mol. The molecule has 24 heavy (non-hydrogen) atoms. The van der Waals surface area contributed by atoms with Gasteiger partial charge in [0.05, 0.1) is 0 Å². The predicted octanol–water partition coefficient (Wildman–Crippen LogP) is 1.48. The van der Waals surface area contributed by atoms with E-state index in [9.17, 15) is 26.4 Å². The number of hydrogen-bond acceptors (Lipinski definition) is 4. The SMILES string of the molecule is C[C@H]1C(=O)N2CCC[C@H]2CN1S(=O)(=O)c1cccnc1C(F)(F)F. The molecule has 0 spiro atoms. The average Bonchev–Trinajstić information content (AvgIpc) is 2.98. The Kier molecular flexibility index (Phi) is 4.07. The number of alkyl halides is 3. The maximum absolute atomic E-state index is 13.1. The standard InChI is InChI=1S/C14H16F3N3O3S/c1-9-13(21)19-7-3-4-10(19)8-20(9)24(22,23)11-5-2-6-18-12(11)14(15,16)17/h2,5-6,9-10H,3-4,7-8H2,1H3/t9-,10-/m0/s1. The Balaban J connectivity index is 2.04. The smallest absolute Gasteiger partial charge is 0.337 e. The molecule has 2 aliphatic rings. The highest BCUT2D eigenvalue weighted by Crippen LogP contribution is 2.36. The van der Waals surface area contributed by atoms with Crippen molar-refractivity contribution < 1.29 is 26.4 Å². The van der Waals surface area contributed by atoms with Gasteiger partial charge in [-0.1, -0.05) is 0 Å². The molecule has 2 fully saturated rings. The van der Waals surface area contributed by atoms with Crippen LogP contribution in [0.25, 0.3) is 0 Å². The molecule has 0 saturated carbocycles. The minimum atomic E-state index is -4.90. The molecule has 1 aromatic rings. The molecule has 0 N–H and O–H groups in total. The van der Waals surface area contributed by atoms with Crippen molar-refractivity contribution >= 4 is 15.9 Å². The Morgan fingerprint density at radius 3 is 2.71 bits per heavy atom. The second kappa shape index (κ2) is 5.69. The Bertz CT molecular complexity index is 766. The van der Waals surface area contributed by atoms with E-state index in [0.717, 1.165) is 29.1 Å². The van der Waals surface area contributed by atoms with Crippen molar-refractivity contribution in [3.8, 4) is 0 Å². The molecule has 0 aliphatic carbocycles. The van der Waals surface area contributed by atoms with Crippen LogP contribution in [0.1, 0.15) is 25.5 Å². The summed E-state index contributed by atoms with van der Waals surface area (Å²) in [5, 5.41) is 0. The van der Waals surface area contributed by atoms with Crippen molar-refractivity contribution in [3.63, 3.8) is 0 Å². The van der Waals surface area contributed by atoms with Crippen LogP contribution < -0.4 is 0 Å². The van der Waals surface area contributed by atoms with E-state index in [2.05, 4.69) is 4.98 Å². The first-order valence-corrected chi connectivity index (χ1v) is 8.92. The van der Waals surface area contributed by atoms with Gasteiger partial charge in [-0.25, -0.2) is 8.42 Å². The van der Waals surface area contributed by atoms with Gasteiger partial charge in [-0.05, 0) is 31.9 Å². The van der Waals surface area contributed by atoms with Crippen LogP contribution in [0.15, 0.2) is 23.2 Å². The van der Waals surface area contributed by atoms with E-state index in [1.807, 2.05) is 0 Å². The van der Waals surface area contributed by atoms with Gasteiger partial charge in [0.2, 0.25) is 15.9 Å². The topological polar surface area (TPSA) is 70.6 Å². The lowest BCUT2D eigenvalue weighted by Gasteiger charge is -2.40. The molecule has 1 aromatic heterocycles. The molecule has 3 rings (SSSR count). The van der Waals surface area contributed by atoms with Crippen LogP contribution in [0.2, 0.25) is 0 Å². The van der Waals surface area contributed by atoms with Gasteiger partial charge >= 0.3 is 6.18 Å². The van der Waals surface area contributed by atoms with Gasteiger partial charge < -0.3 is 4.90 Å². The normalized spacial score (nSPS) is 25.8. The van der Waals surface area contributed by atoms with E-state index >= 15 is 0 Å². The first-order chi connectivity index (χ1) is 11.1. The largest absolute Gasteiger partial charge is 0.434 e. The van der Waals surface area contributed by atoms with E-state index in [1.165, 1.54) is 6.92 Å². The van der Waals surface area contributed by atoms with E-state index in [0.29, 0.717) is 13.0 Å². The Hall–Kier alpha value is -1.68. The lowest BCUT2D eigenvalue weighted by molar-refractivity contribution is -0.143. The maximum atomic E-state index is 13.1. The minimum absolute atomic E-state index is 0.00142. The number of piperazine rings is 1. The van der Waals surface area contributed by atoms with Gasteiger partial charge in [-0.2, -0.15) is 17.5 Å². The van der Waals surface area contributed by atoms with Crippen molar-refractivity contribution in [1.82, 2.24) is 14.2 Å². The highest BCUT2D eigenvalue weighted by atomic mass is 32.2. The van der Waals surface area contributed by atoms with Crippen molar-refractivity contribution in [2.45, 2.75) is 42.9 Å². The summed E-state index contributed by atoms with van der Waals surface area (Å²) in [5.74, 6) is -0.371. The third-order valence-electron chi connectivity index (χ3n) is 4.47. The molecule has 10 heteroatoms. The van der Waals surface area contributed by atoms with Crippen LogP contribution in [-0.4, -0.2) is 53.7 Å². The number of fused-ring (bicyclic) bond motifs is 1. The summed E-state index contributed by atoms with van der Waals surface area (Å²) >= 11 is 0. The molecule has 1 amide bonds. The number of nitrogens with zero attached hydrogens (tertiary/aromatic N) is 3. The second-order valence-corrected chi connectivity index (χ2v) is 7.79. The van der Waals surface area contributed by atoms with Crippen molar-refractivity contribution in [3.05, 3.63) is 24.0 Å². The summed E-state index contributed by atoms with van der Waals surface area (Å²) < 4.78 is 65.8. The average molecular weight is 363 g/mol. The first-order valence-electron chi connectivity index (χ1n) is 7.48. The van der Waals surface area contributed by atoms with Crippen LogP contribution in [-0.2, 0) is 21.0 Å². The van der Waals surface area contributed by atoms with Crippen LogP contribution in [0.4, 0.5) is 13.2 Å². The number of carbonyl (C=O) groups excluding carboxylic acids is 1. The van der Waals surface area contributed by atoms with E-state index in [4.69, 9.17) is 0 Å². The van der Waals surface area contributed by atoms with Crippen molar-refractivity contribution in [2.75, 3.05) is 13.1 Å². The molecule has 3 heterocycles. The summed E-state index contributed by atoms with van der Waals surface area (Å²) in [7, 11) is -4.49. The number of sulfonamides is 1. The monoisotopic (exact) mass is 363 g/mol. The molecule has 2 atom stereocenters. The van der Waals surface area contributed by atoms with Crippen LogP contribution in [0, 0.1) is 0 Å². The molecule has 2 saturated heterocycles. The highest BCUT2D eigenvalue weighted by Gasteiger charge is 2.48. The zero-order valence-electron chi connectivity index (χ0n) is 12.8. The quantitative estimate of drug-likeness (QED) is 0.798. The van der Waals surface area contributed by atoms with Crippen LogP contribution >= 0.6 is 0 Å². The van der Waals surface area contributed by atoms with E-state index in [1.54, 1.807) is 4.90 Å². The van der Waals surface area contributed by atoms with Gasteiger partial charge in [0, 0.05) is 25.3 Å². The first kappa shape index (κ1) is 17.2. The summed E-state index contributed by atoms with van der Waals surface area (Å²) in [6.07, 6.45) is -2.60. The third kappa shape index (κ3) is 2.67. The number of pyridine rings is 1. The number of halogens is 3. The molecular formula is C14H16F3N3O3S. The van der Waals surface area contributed by atoms with Crippen LogP contribution in [0.5, 0.6) is 0 Å². The van der Waals surface area contributed by atoms with Crippen molar-refractivity contribution in [2.24, 2.45) is 0 Å². The number of amides is 1. The molecule has 6 nitrogen and oxygen atoms in total.